The topological polar surface area (TPSA) is 99.6 Å². The van der Waals surface area contributed by atoms with Gasteiger partial charge in [0.1, 0.15) is 17.1 Å². The van der Waals surface area contributed by atoms with E-state index in [0.29, 0.717) is 0 Å². The molecule has 2 aromatic carbocycles. The normalized spacial score (nSPS) is 20.0. The summed E-state index contributed by atoms with van der Waals surface area (Å²) in [6.07, 6.45) is 1.67. The highest BCUT2D eigenvalue weighted by Gasteiger charge is 2.46. The average molecular weight is 533 g/mol. The van der Waals surface area contributed by atoms with Crippen molar-refractivity contribution in [1.82, 2.24) is 30.2 Å². The summed E-state index contributed by atoms with van der Waals surface area (Å²) in [6.45, 7) is 4.62. The summed E-state index contributed by atoms with van der Waals surface area (Å²) >= 11 is 0. The van der Waals surface area contributed by atoms with Crippen molar-refractivity contribution in [3.8, 4) is 0 Å². The maximum atomic E-state index is 13.2. The number of amides is 3. The minimum atomic E-state index is -1.21. The molecule has 2 aliphatic rings. The number of aromatic nitrogens is 2. The molecule has 9 nitrogen and oxygen atoms in total. The molecule has 0 unspecified atom stereocenters. The fraction of sp³-hybridized carbons (Fsp3) is 0.379. The van der Waals surface area contributed by atoms with Gasteiger partial charge < -0.3 is 15.5 Å². The fourth-order valence-electron chi connectivity index (χ4n) is 5.15. The third-order valence-electron chi connectivity index (χ3n) is 7.76. The molecule has 0 saturated carbocycles. The van der Waals surface area contributed by atoms with E-state index < -0.39 is 5.54 Å². The first-order valence-electron chi connectivity index (χ1n) is 13.2. The summed E-state index contributed by atoms with van der Waals surface area (Å²) in [5.41, 5.74) is 1.23. The van der Waals surface area contributed by atoms with Gasteiger partial charge in [0.05, 0.1) is 6.54 Å². The molecular weight excluding hydrogens is 499 g/mol. The third kappa shape index (κ3) is 5.70. The van der Waals surface area contributed by atoms with E-state index in [9.17, 15) is 18.8 Å². The Bertz CT molecular complexity index is 1350. The molecule has 3 aromatic rings. The summed E-state index contributed by atoms with van der Waals surface area (Å²) < 4.78 is 14.6. The molecule has 204 valence electrons. The van der Waals surface area contributed by atoms with Crippen molar-refractivity contribution in [2.75, 3.05) is 20.1 Å². The van der Waals surface area contributed by atoms with Gasteiger partial charge in [0.25, 0.3) is 11.8 Å². The van der Waals surface area contributed by atoms with Crippen molar-refractivity contribution in [1.29, 1.82) is 0 Å². The molecule has 1 atom stereocenters. The molecule has 0 aliphatic carbocycles. The summed E-state index contributed by atoms with van der Waals surface area (Å²) in [4.78, 5) is 43.1. The molecular formula is C29H33FN6O3. The largest absolute Gasteiger partial charge is 0.350 e. The SMILES string of the molecule is CN1C(=O)c2cc(C(=O)NC3CCN(Cc4ccccc4)CC3)nn2C[C@@]1(C)C(=O)NCc1ccc(F)cc1. The quantitative estimate of drug-likeness (QED) is 0.487. The van der Waals surface area contributed by atoms with Gasteiger partial charge in [-0.25, -0.2) is 4.39 Å². The number of carbonyl (C=O) groups excluding carboxylic acids is 3. The third-order valence-corrected chi connectivity index (χ3v) is 7.76. The van der Waals surface area contributed by atoms with Gasteiger partial charge in [-0.15, -0.1) is 0 Å². The second-order valence-corrected chi connectivity index (χ2v) is 10.5. The van der Waals surface area contributed by atoms with Crippen LogP contribution in [-0.4, -0.2) is 69.0 Å². The molecule has 2 N–H and O–H groups in total. The van der Waals surface area contributed by atoms with Gasteiger partial charge in [-0.3, -0.25) is 24.0 Å². The highest BCUT2D eigenvalue weighted by molar-refractivity contribution is 6.01. The Kier molecular flexibility index (Phi) is 7.47. The number of carbonyl (C=O) groups is 3. The van der Waals surface area contributed by atoms with E-state index >= 15 is 0 Å². The van der Waals surface area contributed by atoms with Gasteiger partial charge in [0.15, 0.2) is 5.69 Å². The Morgan fingerprint density at radius 1 is 1.05 bits per heavy atom. The van der Waals surface area contributed by atoms with E-state index in [1.807, 2.05) is 18.2 Å². The molecule has 3 amide bonds. The Hall–Kier alpha value is -4.05. The van der Waals surface area contributed by atoms with Crippen LogP contribution in [0.2, 0.25) is 0 Å². The summed E-state index contributed by atoms with van der Waals surface area (Å²) in [5, 5.41) is 10.3. The number of likely N-dealkylation sites (tertiary alicyclic amines) is 1. The Morgan fingerprint density at radius 3 is 2.44 bits per heavy atom. The molecule has 3 heterocycles. The van der Waals surface area contributed by atoms with Crippen molar-refractivity contribution in [2.24, 2.45) is 0 Å². The number of fused-ring (bicyclic) bond motifs is 1. The van der Waals surface area contributed by atoms with Gasteiger partial charge >= 0.3 is 0 Å². The van der Waals surface area contributed by atoms with Crippen LogP contribution in [0.1, 0.15) is 51.9 Å². The van der Waals surface area contributed by atoms with Crippen LogP contribution in [0.15, 0.2) is 60.7 Å². The Morgan fingerprint density at radius 2 is 1.74 bits per heavy atom. The van der Waals surface area contributed by atoms with Crippen molar-refractivity contribution < 1.29 is 18.8 Å². The van der Waals surface area contributed by atoms with Crippen molar-refractivity contribution in [3.05, 3.63) is 89.0 Å². The van der Waals surface area contributed by atoms with Gasteiger partial charge in [0.2, 0.25) is 5.91 Å². The second-order valence-electron chi connectivity index (χ2n) is 10.5. The van der Waals surface area contributed by atoms with E-state index in [1.165, 1.54) is 33.3 Å². The Labute approximate surface area is 227 Å². The zero-order valence-electron chi connectivity index (χ0n) is 22.2. The van der Waals surface area contributed by atoms with E-state index in [1.54, 1.807) is 26.1 Å². The minimum Gasteiger partial charge on any atom is -0.350 e. The average Bonchev–Trinajstić information content (AvgIpc) is 3.37. The van der Waals surface area contributed by atoms with Crippen LogP contribution in [0.25, 0.3) is 0 Å². The summed E-state index contributed by atoms with van der Waals surface area (Å²) in [7, 11) is 1.57. The first kappa shape index (κ1) is 26.6. The lowest BCUT2D eigenvalue weighted by molar-refractivity contribution is -0.132. The maximum Gasteiger partial charge on any atom is 0.272 e. The Balaban J connectivity index is 1.19. The fourth-order valence-corrected chi connectivity index (χ4v) is 5.15. The van der Waals surface area contributed by atoms with Crippen molar-refractivity contribution in [3.63, 3.8) is 0 Å². The molecule has 1 fully saturated rings. The van der Waals surface area contributed by atoms with Crippen LogP contribution in [0.3, 0.4) is 0 Å². The number of rotatable bonds is 7. The zero-order valence-corrected chi connectivity index (χ0v) is 22.2. The number of halogens is 1. The zero-order chi connectivity index (χ0) is 27.6. The number of hydrogen-bond donors (Lipinski definition) is 2. The molecule has 0 bridgehead atoms. The minimum absolute atomic E-state index is 0.0316. The van der Waals surface area contributed by atoms with E-state index in [-0.39, 0.29) is 54.1 Å². The number of piperidine rings is 1. The van der Waals surface area contributed by atoms with Gasteiger partial charge in [-0.1, -0.05) is 42.5 Å². The summed E-state index contributed by atoms with van der Waals surface area (Å²) in [5.74, 6) is -1.43. The predicted octanol–water partition coefficient (Wildman–Crippen LogP) is 2.58. The molecule has 39 heavy (non-hydrogen) atoms. The lowest BCUT2D eigenvalue weighted by Gasteiger charge is -2.40. The lowest BCUT2D eigenvalue weighted by Crippen LogP contribution is -2.62. The van der Waals surface area contributed by atoms with Crippen LogP contribution >= 0.6 is 0 Å². The molecule has 1 saturated heterocycles. The van der Waals surface area contributed by atoms with Gasteiger partial charge in [-0.2, -0.15) is 5.10 Å². The maximum absolute atomic E-state index is 13.2. The first-order chi connectivity index (χ1) is 18.7. The van der Waals surface area contributed by atoms with Crippen LogP contribution in [0.5, 0.6) is 0 Å². The molecule has 2 aliphatic heterocycles. The van der Waals surface area contributed by atoms with Crippen molar-refractivity contribution in [2.45, 2.75) is 51.0 Å². The number of nitrogens with one attached hydrogen (secondary N) is 2. The summed E-state index contributed by atoms with van der Waals surface area (Å²) in [6, 6.07) is 17.7. The highest BCUT2D eigenvalue weighted by Crippen LogP contribution is 2.26. The molecule has 0 spiro atoms. The lowest BCUT2D eigenvalue weighted by atomic mass is 9.96. The monoisotopic (exact) mass is 532 g/mol. The smallest absolute Gasteiger partial charge is 0.272 e. The van der Waals surface area contributed by atoms with Gasteiger partial charge in [0, 0.05) is 45.3 Å². The molecule has 5 rings (SSSR count). The van der Waals surface area contributed by atoms with Gasteiger partial charge in [-0.05, 0) is 43.0 Å². The van der Waals surface area contributed by atoms with Crippen molar-refractivity contribution >= 4 is 17.7 Å². The van der Waals surface area contributed by atoms with Crippen LogP contribution in [-0.2, 0) is 24.4 Å². The number of nitrogens with zero attached hydrogens (tertiary/aromatic N) is 4. The van der Waals surface area contributed by atoms with Crippen LogP contribution in [0.4, 0.5) is 4.39 Å². The highest BCUT2D eigenvalue weighted by atomic mass is 19.1. The molecule has 10 heteroatoms. The van der Waals surface area contributed by atoms with E-state index in [4.69, 9.17) is 0 Å². The molecule has 1 aromatic heterocycles. The number of likely N-dealkylation sites (N-methyl/N-ethyl adjacent to an activating group) is 1. The number of hydrogen-bond acceptors (Lipinski definition) is 5. The second kappa shape index (κ2) is 11.0. The first-order valence-corrected chi connectivity index (χ1v) is 13.2. The van der Waals surface area contributed by atoms with Crippen LogP contribution in [0, 0.1) is 5.82 Å². The van der Waals surface area contributed by atoms with E-state index in [2.05, 4.69) is 32.8 Å². The van der Waals surface area contributed by atoms with E-state index in [0.717, 1.165) is 38.0 Å². The molecule has 0 radical (unpaired) electrons. The predicted molar refractivity (Wildman–Crippen MR) is 143 cm³/mol. The van der Waals surface area contributed by atoms with Crippen LogP contribution < -0.4 is 10.6 Å². The standard InChI is InChI=1S/C29H33FN6O3/c1-29(28(39)31-17-20-8-10-22(30)11-9-20)19-36-25(27(38)34(29)2)16-24(33-36)26(37)32-23-12-14-35(15-13-23)18-21-6-4-3-5-7-21/h3-11,16,23H,12-15,17-19H2,1-2H3,(H,31,39)(H,32,37)/t29-/m0/s1. The number of benzene rings is 2.